The minimum absolute atomic E-state index is 0.000796. The van der Waals surface area contributed by atoms with Crippen molar-refractivity contribution in [3.05, 3.63) is 0 Å². The summed E-state index contributed by atoms with van der Waals surface area (Å²) in [5.74, 6) is -0.641. The van der Waals surface area contributed by atoms with Crippen LogP contribution in [0.3, 0.4) is 0 Å². The van der Waals surface area contributed by atoms with E-state index in [-0.39, 0.29) is 30.2 Å². The van der Waals surface area contributed by atoms with Crippen molar-refractivity contribution in [1.29, 1.82) is 0 Å². The number of carbonyl (C=O) groups is 2. The average Bonchev–Trinajstić information content (AvgIpc) is 2.80. The van der Waals surface area contributed by atoms with Gasteiger partial charge in [-0.05, 0) is 20.8 Å². The predicted octanol–water partition coefficient (Wildman–Crippen LogP) is 1.32. The van der Waals surface area contributed by atoms with Crippen LogP contribution in [-0.2, 0) is 19.1 Å². The van der Waals surface area contributed by atoms with Crippen molar-refractivity contribution in [3.8, 4) is 0 Å². The summed E-state index contributed by atoms with van der Waals surface area (Å²) in [6.07, 6.45) is -0.141. The molecule has 2 atom stereocenters. The molecule has 0 amide bonds. The Kier molecular flexibility index (Phi) is 3.50. The van der Waals surface area contributed by atoms with E-state index in [0.717, 1.165) is 0 Å². The first-order valence-corrected chi connectivity index (χ1v) is 5.17. The van der Waals surface area contributed by atoms with Crippen molar-refractivity contribution >= 4 is 11.8 Å². The molecule has 1 rings (SSSR count). The summed E-state index contributed by atoms with van der Waals surface area (Å²) < 4.78 is 10.00. The standard InChI is InChI=1S/C11H18O4/c1-7(10(13)8-6-14-8)5-9(12)15-11(2,3)4/h7-8H,5-6H2,1-4H3/t7-,8?/m1/s1. The van der Waals surface area contributed by atoms with E-state index in [1.165, 1.54) is 0 Å². The van der Waals surface area contributed by atoms with Crippen LogP contribution >= 0.6 is 0 Å². The van der Waals surface area contributed by atoms with Gasteiger partial charge in [0.2, 0.25) is 0 Å². The number of Topliss-reactive ketones (excluding diaryl/α,β-unsaturated/α-hetero) is 1. The normalized spacial score (nSPS) is 22.0. The second kappa shape index (κ2) is 4.31. The smallest absolute Gasteiger partial charge is 0.307 e. The van der Waals surface area contributed by atoms with Crippen LogP contribution in [0, 0.1) is 5.92 Å². The Morgan fingerprint density at radius 1 is 1.47 bits per heavy atom. The third-order valence-corrected chi connectivity index (χ3v) is 2.03. The molecule has 0 aromatic carbocycles. The molecule has 0 aromatic rings. The highest BCUT2D eigenvalue weighted by molar-refractivity contribution is 5.89. The second-order valence-corrected chi connectivity index (χ2v) is 4.92. The minimum atomic E-state index is -0.490. The second-order valence-electron chi connectivity index (χ2n) is 4.92. The lowest BCUT2D eigenvalue weighted by Crippen LogP contribution is -2.27. The summed E-state index contributed by atoms with van der Waals surface area (Å²) in [6.45, 7) is 7.65. The van der Waals surface area contributed by atoms with Crippen molar-refractivity contribution in [2.75, 3.05) is 6.61 Å². The third kappa shape index (κ3) is 4.42. The van der Waals surface area contributed by atoms with Gasteiger partial charge in [0.15, 0.2) is 5.78 Å². The molecule has 1 aliphatic rings. The molecule has 15 heavy (non-hydrogen) atoms. The van der Waals surface area contributed by atoms with Crippen LogP contribution in [0.5, 0.6) is 0 Å². The molecule has 0 bridgehead atoms. The molecule has 0 radical (unpaired) electrons. The highest BCUT2D eigenvalue weighted by atomic mass is 16.6. The number of epoxide rings is 1. The Bertz CT molecular complexity index is 260. The van der Waals surface area contributed by atoms with Crippen LogP contribution in [0.1, 0.15) is 34.1 Å². The molecule has 0 aromatic heterocycles. The van der Waals surface area contributed by atoms with Gasteiger partial charge in [-0.15, -0.1) is 0 Å². The number of hydrogen-bond acceptors (Lipinski definition) is 4. The highest BCUT2D eigenvalue weighted by Crippen LogP contribution is 2.19. The van der Waals surface area contributed by atoms with Gasteiger partial charge in [0.05, 0.1) is 13.0 Å². The molecule has 86 valence electrons. The maximum Gasteiger partial charge on any atom is 0.307 e. The fourth-order valence-corrected chi connectivity index (χ4v) is 1.26. The maximum absolute atomic E-state index is 11.5. The molecule has 1 saturated heterocycles. The van der Waals surface area contributed by atoms with Gasteiger partial charge < -0.3 is 9.47 Å². The van der Waals surface area contributed by atoms with Crippen LogP contribution < -0.4 is 0 Å². The Morgan fingerprint density at radius 3 is 2.40 bits per heavy atom. The molecule has 1 unspecified atom stereocenters. The van der Waals surface area contributed by atoms with E-state index >= 15 is 0 Å². The monoisotopic (exact) mass is 214 g/mol. The summed E-state index contributed by atoms with van der Waals surface area (Å²) >= 11 is 0. The molecule has 0 aliphatic carbocycles. The largest absolute Gasteiger partial charge is 0.460 e. The zero-order chi connectivity index (χ0) is 11.6. The first-order valence-electron chi connectivity index (χ1n) is 5.17. The lowest BCUT2D eigenvalue weighted by Gasteiger charge is -2.20. The summed E-state index contributed by atoms with van der Waals surface area (Å²) in [5, 5.41) is 0. The Hall–Kier alpha value is -0.900. The zero-order valence-electron chi connectivity index (χ0n) is 9.70. The first kappa shape index (κ1) is 12.2. The molecular weight excluding hydrogens is 196 g/mol. The number of carbonyl (C=O) groups excluding carboxylic acids is 2. The number of rotatable bonds is 4. The van der Waals surface area contributed by atoms with Crippen molar-refractivity contribution in [2.24, 2.45) is 5.92 Å². The van der Waals surface area contributed by atoms with Gasteiger partial charge in [0, 0.05) is 5.92 Å². The Labute approximate surface area is 89.9 Å². The average molecular weight is 214 g/mol. The lowest BCUT2D eigenvalue weighted by atomic mass is 10.0. The van der Waals surface area contributed by atoms with Crippen molar-refractivity contribution in [1.82, 2.24) is 0 Å². The third-order valence-electron chi connectivity index (χ3n) is 2.03. The van der Waals surface area contributed by atoms with Gasteiger partial charge in [0.25, 0.3) is 0 Å². The number of hydrogen-bond donors (Lipinski definition) is 0. The molecular formula is C11H18O4. The number of esters is 1. The zero-order valence-corrected chi connectivity index (χ0v) is 9.70. The van der Waals surface area contributed by atoms with Gasteiger partial charge in [-0.25, -0.2) is 0 Å². The van der Waals surface area contributed by atoms with Crippen LogP contribution in [0.4, 0.5) is 0 Å². The van der Waals surface area contributed by atoms with Crippen LogP contribution in [0.2, 0.25) is 0 Å². The van der Waals surface area contributed by atoms with E-state index in [2.05, 4.69) is 0 Å². The summed E-state index contributed by atoms with van der Waals surface area (Å²) in [4.78, 5) is 22.9. The van der Waals surface area contributed by atoms with E-state index in [9.17, 15) is 9.59 Å². The molecule has 4 nitrogen and oxygen atoms in total. The topological polar surface area (TPSA) is 55.9 Å². The Morgan fingerprint density at radius 2 is 2.00 bits per heavy atom. The predicted molar refractivity (Wildman–Crippen MR) is 54.4 cm³/mol. The highest BCUT2D eigenvalue weighted by Gasteiger charge is 2.35. The number of ketones is 1. The van der Waals surface area contributed by atoms with Crippen LogP contribution in [0.15, 0.2) is 0 Å². The molecule has 0 N–H and O–H groups in total. The minimum Gasteiger partial charge on any atom is -0.460 e. The van der Waals surface area contributed by atoms with Gasteiger partial charge in [-0.2, -0.15) is 0 Å². The Balaban J connectivity index is 2.33. The molecule has 1 aliphatic heterocycles. The van der Waals surface area contributed by atoms with E-state index < -0.39 is 5.60 Å². The van der Waals surface area contributed by atoms with Crippen LogP contribution in [0.25, 0.3) is 0 Å². The molecule has 1 heterocycles. The molecule has 0 saturated carbocycles. The fourth-order valence-electron chi connectivity index (χ4n) is 1.26. The van der Waals surface area contributed by atoms with E-state index in [0.29, 0.717) is 6.61 Å². The quantitative estimate of drug-likeness (QED) is 0.523. The fraction of sp³-hybridized carbons (Fsp3) is 0.818. The maximum atomic E-state index is 11.5. The van der Waals surface area contributed by atoms with E-state index in [1.807, 2.05) is 0 Å². The summed E-state index contributed by atoms with van der Waals surface area (Å²) in [7, 11) is 0. The molecule has 0 spiro atoms. The lowest BCUT2D eigenvalue weighted by molar-refractivity contribution is -0.157. The summed E-state index contributed by atoms with van der Waals surface area (Å²) in [5.41, 5.74) is -0.490. The van der Waals surface area contributed by atoms with Crippen molar-refractivity contribution in [2.45, 2.75) is 45.8 Å². The SMILES string of the molecule is C[C@H](CC(=O)OC(C)(C)C)C(=O)C1CO1. The molecule has 4 heteroatoms. The first-order chi connectivity index (χ1) is 6.79. The van der Waals surface area contributed by atoms with Gasteiger partial charge in [0.1, 0.15) is 11.7 Å². The van der Waals surface area contributed by atoms with Crippen molar-refractivity contribution in [3.63, 3.8) is 0 Å². The van der Waals surface area contributed by atoms with Crippen molar-refractivity contribution < 1.29 is 19.1 Å². The van der Waals surface area contributed by atoms with E-state index in [1.54, 1.807) is 27.7 Å². The van der Waals surface area contributed by atoms with Gasteiger partial charge in [-0.3, -0.25) is 9.59 Å². The van der Waals surface area contributed by atoms with Crippen LogP contribution in [-0.4, -0.2) is 30.1 Å². The summed E-state index contributed by atoms with van der Waals surface area (Å²) in [6, 6.07) is 0. The van der Waals surface area contributed by atoms with Gasteiger partial charge in [-0.1, -0.05) is 6.92 Å². The van der Waals surface area contributed by atoms with E-state index in [4.69, 9.17) is 9.47 Å². The number of ether oxygens (including phenoxy) is 2. The molecule has 1 fully saturated rings. The van der Waals surface area contributed by atoms with Gasteiger partial charge >= 0.3 is 5.97 Å².